The maximum Gasteiger partial charge on any atom is 0.294 e. The van der Waals surface area contributed by atoms with Gasteiger partial charge in [0.1, 0.15) is 11.4 Å². The lowest BCUT2D eigenvalue weighted by Gasteiger charge is -2.11. The molecule has 0 fully saturated rings. The van der Waals surface area contributed by atoms with Crippen LogP contribution in [-0.4, -0.2) is 58.1 Å². The molecule has 2 aromatic carbocycles. The van der Waals surface area contributed by atoms with Crippen molar-refractivity contribution in [2.24, 2.45) is 5.10 Å². The molecule has 1 amide bonds. The number of nitrogens with one attached hydrogen (secondary N) is 1. The number of rotatable bonds is 8. The van der Waals surface area contributed by atoms with E-state index in [1.165, 1.54) is 4.68 Å². The number of carbonyl (C=O) groups excluding carboxylic acids is 1. The fourth-order valence-electron chi connectivity index (χ4n) is 3.28. The number of aromatic nitrogens is 5. The first kappa shape index (κ1) is 24.1. The monoisotopic (exact) mass is 487 g/mol. The van der Waals surface area contributed by atoms with E-state index in [1.54, 1.807) is 44.4 Å². The molecule has 0 aliphatic rings. The second kappa shape index (κ2) is 10.5. The fourth-order valence-corrected chi connectivity index (χ4v) is 3.28. The normalized spacial score (nSPS) is 11.6. The van der Waals surface area contributed by atoms with E-state index in [0.717, 1.165) is 11.3 Å². The molecular weight excluding hydrogens is 462 g/mol. The molecule has 0 aliphatic carbocycles. The van der Waals surface area contributed by atoms with Crippen molar-refractivity contribution in [2.45, 2.75) is 6.92 Å². The van der Waals surface area contributed by atoms with Crippen molar-refractivity contribution in [3.8, 4) is 22.8 Å². The SMILES string of the molecule is COc1cccc(-c2c(C(=O)N/N=C(C)/C=C/c3ccc(N(C)C)cc3)nnn2-c2nonc2N)c1. The zero-order valence-electron chi connectivity index (χ0n) is 20.2. The van der Waals surface area contributed by atoms with Crippen LogP contribution in [0.1, 0.15) is 23.0 Å². The van der Waals surface area contributed by atoms with Gasteiger partial charge in [-0.1, -0.05) is 35.6 Å². The first-order valence-corrected chi connectivity index (χ1v) is 10.9. The number of nitrogens with zero attached hydrogens (tertiary/aromatic N) is 7. The molecule has 0 unspecified atom stereocenters. The van der Waals surface area contributed by atoms with Crippen molar-refractivity contribution >= 4 is 29.2 Å². The number of benzene rings is 2. The van der Waals surface area contributed by atoms with Gasteiger partial charge in [-0.3, -0.25) is 4.79 Å². The maximum absolute atomic E-state index is 13.1. The van der Waals surface area contributed by atoms with Gasteiger partial charge in [-0.15, -0.1) is 5.10 Å². The Morgan fingerprint density at radius 2 is 1.97 bits per heavy atom. The van der Waals surface area contributed by atoms with Gasteiger partial charge < -0.3 is 15.4 Å². The van der Waals surface area contributed by atoms with Crippen LogP contribution in [0.15, 0.2) is 64.3 Å². The number of hydrogen-bond acceptors (Lipinski definition) is 10. The molecule has 12 nitrogen and oxygen atoms in total. The average molecular weight is 488 g/mol. The van der Waals surface area contributed by atoms with Gasteiger partial charge >= 0.3 is 0 Å². The zero-order valence-corrected chi connectivity index (χ0v) is 20.2. The number of methoxy groups -OCH3 is 1. The lowest BCUT2D eigenvalue weighted by atomic mass is 10.1. The van der Waals surface area contributed by atoms with Crippen molar-refractivity contribution in [1.29, 1.82) is 0 Å². The van der Waals surface area contributed by atoms with Crippen LogP contribution >= 0.6 is 0 Å². The van der Waals surface area contributed by atoms with Gasteiger partial charge in [-0.25, -0.2) is 10.1 Å². The van der Waals surface area contributed by atoms with Crippen LogP contribution in [-0.2, 0) is 0 Å². The lowest BCUT2D eigenvalue weighted by molar-refractivity contribution is 0.0950. The molecule has 0 aliphatic heterocycles. The summed E-state index contributed by atoms with van der Waals surface area (Å²) in [4.78, 5) is 15.1. The summed E-state index contributed by atoms with van der Waals surface area (Å²) in [6.45, 7) is 1.77. The molecular formula is C24H25N9O3. The first-order chi connectivity index (χ1) is 17.4. The highest BCUT2D eigenvalue weighted by Gasteiger charge is 2.25. The van der Waals surface area contributed by atoms with Crippen LogP contribution in [0.2, 0.25) is 0 Å². The second-order valence-electron chi connectivity index (χ2n) is 7.92. The van der Waals surface area contributed by atoms with Crippen molar-refractivity contribution in [1.82, 2.24) is 30.7 Å². The highest BCUT2D eigenvalue weighted by Crippen LogP contribution is 2.29. The zero-order chi connectivity index (χ0) is 25.7. The Labute approximate surface area is 207 Å². The van der Waals surface area contributed by atoms with Gasteiger partial charge in [0.25, 0.3) is 5.91 Å². The van der Waals surface area contributed by atoms with Gasteiger partial charge in [0.15, 0.2) is 5.69 Å². The van der Waals surface area contributed by atoms with Crippen molar-refractivity contribution < 1.29 is 14.2 Å². The Hall–Kier alpha value is -5.00. The minimum absolute atomic E-state index is 0.00505. The van der Waals surface area contributed by atoms with Crippen molar-refractivity contribution in [3.63, 3.8) is 0 Å². The van der Waals surface area contributed by atoms with Crippen LogP contribution < -0.4 is 20.8 Å². The molecule has 0 saturated carbocycles. The van der Waals surface area contributed by atoms with E-state index in [1.807, 2.05) is 49.3 Å². The number of anilines is 2. The van der Waals surface area contributed by atoms with E-state index in [-0.39, 0.29) is 17.3 Å². The predicted molar refractivity (Wildman–Crippen MR) is 136 cm³/mol. The molecule has 0 bridgehead atoms. The minimum Gasteiger partial charge on any atom is -0.497 e. The summed E-state index contributed by atoms with van der Waals surface area (Å²) in [5, 5.41) is 19.6. The number of carbonyl (C=O) groups is 1. The van der Waals surface area contributed by atoms with Crippen LogP contribution in [0.5, 0.6) is 5.75 Å². The van der Waals surface area contributed by atoms with E-state index in [4.69, 9.17) is 15.1 Å². The van der Waals surface area contributed by atoms with Crippen molar-refractivity contribution in [3.05, 3.63) is 65.9 Å². The predicted octanol–water partition coefficient (Wildman–Crippen LogP) is 2.79. The van der Waals surface area contributed by atoms with Crippen molar-refractivity contribution in [2.75, 3.05) is 31.8 Å². The summed E-state index contributed by atoms with van der Waals surface area (Å²) in [6, 6.07) is 15.1. The molecule has 4 aromatic rings. The standard InChI is InChI=1S/C24H25N9O3/c1-15(8-9-16-10-12-18(13-11-16)32(2)3)26-28-24(34)20-21(17-6-5-7-19(14-17)35-4)33(31-27-20)23-22(25)29-36-30-23/h5-14H,1-4H3,(H2,25,29)(H,28,34)/b9-8+,26-15+. The number of amides is 1. The van der Waals surface area contributed by atoms with Crippen LogP contribution in [0.4, 0.5) is 11.5 Å². The number of ether oxygens (including phenoxy) is 1. The molecule has 4 rings (SSSR count). The second-order valence-corrected chi connectivity index (χ2v) is 7.92. The lowest BCUT2D eigenvalue weighted by Crippen LogP contribution is -2.20. The molecule has 0 saturated heterocycles. The topological polar surface area (TPSA) is 150 Å². The third-order valence-corrected chi connectivity index (χ3v) is 5.18. The summed E-state index contributed by atoms with van der Waals surface area (Å²) in [5.41, 5.74) is 12.0. The molecule has 2 heterocycles. The Morgan fingerprint density at radius 3 is 2.64 bits per heavy atom. The van der Waals surface area contributed by atoms with E-state index in [2.05, 4.69) is 31.2 Å². The number of allylic oxidation sites excluding steroid dienone is 1. The molecule has 0 atom stereocenters. The maximum atomic E-state index is 13.1. The fraction of sp³-hybridized carbons (Fsp3) is 0.167. The number of hydrazone groups is 1. The minimum atomic E-state index is -0.572. The largest absolute Gasteiger partial charge is 0.497 e. The van der Waals surface area contributed by atoms with E-state index in [0.29, 0.717) is 22.7 Å². The number of hydrogen-bond donors (Lipinski definition) is 2. The molecule has 184 valence electrons. The van der Waals surface area contributed by atoms with E-state index >= 15 is 0 Å². The Balaban J connectivity index is 1.59. The third kappa shape index (κ3) is 5.22. The molecule has 0 radical (unpaired) electrons. The first-order valence-electron chi connectivity index (χ1n) is 10.9. The van der Waals surface area contributed by atoms with E-state index in [9.17, 15) is 4.79 Å². The third-order valence-electron chi connectivity index (χ3n) is 5.18. The number of nitrogens with two attached hydrogens (primary N) is 1. The Morgan fingerprint density at radius 1 is 1.19 bits per heavy atom. The van der Waals surface area contributed by atoms with Crippen LogP contribution in [0.25, 0.3) is 23.2 Å². The molecule has 3 N–H and O–H groups in total. The summed E-state index contributed by atoms with van der Waals surface area (Å²) >= 11 is 0. The van der Waals surface area contributed by atoms with Gasteiger partial charge in [0.05, 0.1) is 12.8 Å². The molecule has 2 aromatic heterocycles. The average Bonchev–Trinajstić information content (AvgIpc) is 3.52. The summed E-state index contributed by atoms with van der Waals surface area (Å²) in [5.74, 6) is 0.101. The van der Waals surface area contributed by atoms with E-state index < -0.39 is 5.91 Å². The summed E-state index contributed by atoms with van der Waals surface area (Å²) in [7, 11) is 5.52. The van der Waals surface area contributed by atoms with Gasteiger partial charge in [0, 0.05) is 25.3 Å². The quantitative estimate of drug-likeness (QED) is 0.282. The molecule has 0 spiro atoms. The summed E-state index contributed by atoms with van der Waals surface area (Å²) < 4.78 is 11.3. The Kier molecular flexibility index (Phi) is 7.04. The van der Waals surface area contributed by atoms with Gasteiger partial charge in [-0.05, 0) is 53.1 Å². The van der Waals surface area contributed by atoms with Crippen LogP contribution in [0.3, 0.4) is 0 Å². The highest BCUT2D eigenvalue weighted by atomic mass is 16.6. The van der Waals surface area contributed by atoms with Crippen LogP contribution in [0, 0.1) is 0 Å². The highest BCUT2D eigenvalue weighted by molar-refractivity contribution is 6.01. The molecule has 36 heavy (non-hydrogen) atoms. The van der Waals surface area contributed by atoms with Gasteiger partial charge in [-0.2, -0.15) is 9.78 Å². The van der Waals surface area contributed by atoms with Gasteiger partial charge in [0.2, 0.25) is 11.6 Å². The number of nitrogen functional groups attached to an aromatic ring is 1. The smallest absolute Gasteiger partial charge is 0.294 e. The summed E-state index contributed by atoms with van der Waals surface area (Å²) in [6.07, 6.45) is 3.70. The Bertz CT molecular complexity index is 1420. The molecule has 12 heteroatoms.